The van der Waals surface area contributed by atoms with Gasteiger partial charge in [0.05, 0.1) is 0 Å². The number of hydrogen-bond acceptors (Lipinski definition) is 3. The van der Waals surface area contributed by atoms with Crippen molar-refractivity contribution in [3.8, 4) is 0 Å². The van der Waals surface area contributed by atoms with Gasteiger partial charge in [0.1, 0.15) is 0 Å². The Kier molecular flexibility index (Phi) is 1.62. The minimum atomic E-state index is -0.0938. The first-order chi connectivity index (χ1) is 4.70. The van der Waals surface area contributed by atoms with E-state index < -0.39 is 0 Å². The average molecular weight is 136 g/mol. The first-order valence-electron chi connectivity index (χ1n) is 2.84. The second-order valence-electron chi connectivity index (χ2n) is 1.94. The van der Waals surface area contributed by atoms with E-state index in [9.17, 15) is 0 Å². The summed E-state index contributed by atoms with van der Waals surface area (Å²) in [5.74, 6) is 0.198. The van der Waals surface area contributed by atoms with Crippen molar-refractivity contribution >= 4 is 5.84 Å². The SMILES string of the molecule is Cc1ccnc(C(=N)N)n1. The van der Waals surface area contributed by atoms with Crippen molar-refractivity contribution in [3.05, 3.63) is 23.8 Å². The molecule has 10 heavy (non-hydrogen) atoms. The van der Waals surface area contributed by atoms with Gasteiger partial charge >= 0.3 is 0 Å². The Morgan fingerprint density at radius 2 is 2.40 bits per heavy atom. The quantitative estimate of drug-likeness (QED) is 0.423. The summed E-state index contributed by atoms with van der Waals surface area (Å²) in [6.45, 7) is 1.83. The predicted octanol–water partition coefficient (Wildman–Crippen LogP) is 0.0691. The number of nitrogen functional groups attached to an aromatic ring is 1. The van der Waals surface area contributed by atoms with Gasteiger partial charge in [-0.2, -0.15) is 0 Å². The van der Waals surface area contributed by atoms with Crippen LogP contribution in [-0.4, -0.2) is 15.8 Å². The van der Waals surface area contributed by atoms with Gasteiger partial charge in [0.15, 0.2) is 11.7 Å². The summed E-state index contributed by atoms with van der Waals surface area (Å²) in [6.07, 6.45) is 1.58. The highest BCUT2D eigenvalue weighted by Gasteiger charge is 1.96. The fourth-order valence-corrected chi connectivity index (χ4v) is 0.579. The van der Waals surface area contributed by atoms with Gasteiger partial charge in [0, 0.05) is 11.9 Å². The van der Waals surface area contributed by atoms with Gasteiger partial charge in [-0.15, -0.1) is 0 Å². The van der Waals surface area contributed by atoms with E-state index >= 15 is 0 Å². The second kappa shape index (κ2) is 2.43. The summed E-state index contributed by atoms with van der Waals surface area (Å²) >= 11 is 0. The number of nitrogens with zero attached hydrogens (tertiary/aromatic N) is 2. The van der Waals surface area contributed by atoms with E-state index in [1.165, 1.54) is 0 Å². The molecule has 52 valence electrons. The maximum Gasteiger partial charge on any atom is 0.194 e. The number of aromatic nitrogens is 2. The lowest BCUT2D eigenvalue weighted by Gasteiger charge is -1.95. The van der Waals surface area contributed by atoms with Gasteiger partial charge in [0.25, 0.3) is 0 Å². The summed E-state index contributed by atoms with van der Waals surface area (Å²) in [5, 5.41) is 6.98. The molecule has 0 aliphatic rings. The number of nitrogens with two attached hydrogens (primary N) is 1. The minimum Gasteiger partial charge on any atom is -0.381 e. The van der Waals surface area contributed by atoms with Crippen molar-refractivity contribution in [2.45, 2.75) is 6.92 Å². The molecule has 0 spiro atoms. The van der Waals surface area contributed by atoms with E-state index in [1.54, 1.807) is 12.3 Å². The van der Waals surface area contributed by atoms with Crippen LogP contribution in [0.25, 0.3) is 0 Å². The predicted molar refractivity (Wildman–Crippen MR) is 37.8 cm³/mol. The summed E-state index contributed by atoms with van der Waals surface area (Å²) in [4.78, 5) is 7.69. The largest absolute Gasteiger partial charge is 0.381 e. The Labute approximate surface area is 58.6 Å². The molecule has 0 atom stereocenters. The third kappa shape index (κ3) is 1.28. The molecule has 0 aliphatic carbocycles. The lowest BCUT2D eigenvalue weighted by molar-refractivity contribution is 1.06. The maximum absolute atomic E-state index is 6.98. The molecule has 0 aliphatic heterocycles. The summed E-state index contributed by atoms with van der Waals surface area (Å²) in [5.41, 5.74) is 5.96. The maximum atomic E-state index is 6.98. The van der Waals surface area contributed by atoms with Crippen LogP contribution >= 0.6 is 0 Å². The Balaban J connectivity index is 3.07. The highest BCUT2D eigenvalue weighted by Crippen LogP contribution is 1.90. The number of rotatable bonds is 1. The van der Waals surface area contributed by atoms with Gasteiger partial charge in [0.2, 0.25) is 0 Å². The number of amidine groups is 1. The van der Waals surface area contributed by atoms with Gasteiger partial charge in [-0.05, 0) is 13.0 Å². The second-order valence-corrected chi connectivity index (χ2v) is 1.94. The van der Waals surface area contributed by atoms with E-state index in [2.05, 4.69) is 9.97 Å². The zero-order chi connectivity index (χ0) is 7.56. The molecule has 0 fully saturated rings. The lowest BCUT2D eigenvalue weighted by Crippen LogP contribution is -2.15. The molecule has 0 unspecified atom stereocenters. The Morgan fingerprint density at radius 1 is 1.70 bits per heavy atom. The topological polar surface area (TPSA) is 75.7 Å². The monoisotopic (exact) mass is 136 g/mol. The molecule has 1 aromatic heterocycles. The lowest BCUT2D eigenvalue weighted by atomic mass is 10.4. The third-order valence-corrected chi connectivity index (χ3v) is 1.04. The fourth-order valence-electron chi connectivity index (χ4n) is 0.579. The van der Waals surface area contributed by atoms with Crippen molar-refractivity contribution in [1.82, 2.24) is 9.97 Å². The summed E-state index contributed by atoms with van der Waals surface area (Å²) < 4.78 is 0. The smallest absolute Gasteiger partial charge is 0.194 e. The van der Waals surface area contributed by atoms with Crippen LogP contribution < -0.4 is 5.73 Å². The third-order valence-electron chi connectivity index (χ3n) is 1.04. The molecular formula is C6H8N4. The van der Waals surface area contributed by atoms with Crippen molar-refractivity contribution in [2.75, 3.05) is 0 Å². The van der Waals surface area contributed by atoms with Crippen LogP contribution in [0.1, 0.15) is 11.5 Å². The Hall–Kier alpha value is -1.45. The molecule has 1 aromatic rings. The van der Waals surface area contributed by atoms with E-state index in [4.69, 9.17) is 11.1 Å². The minimum absolute atomic E-state index is 0.0938. The van der Waals surface area contributed by atoms with Crippen molar-refractivity contribution in [2.24, 2.45) is 5.73 Å². The molecule has 3 N–H and O–H groups in total. The number of nitrogens with one attached hydrogen (secondary N) is 1. The number of aryl methyl sites for hydroxylation is 1. The van der Waals surface area contributed by atoms with E-state index in [0.717, 1.165) is 5.69 Å². The molecule has 0 saturated carbocycles. The molecule has 1 heterocycles. The van der Waals surface area contributed by atoms with Crippen LogP contribution in [0.4, 0.5) is 0 Å². The zero-order valence-corrected chi connectivity index (χ0v) is 5.63. The highest BCUT2D eigenvalue weighted by molar-refractivity contribution is 5.91. The molecule has 0 saturated heterocycles. The van der Waals surface area contributed by atoms with E-state index in [1.807, 2.05) is 6.92 Å². The van der Waals surface area contributed by atoms with Gasteiger partial charge in [-0.25, -0.2) is 9.97 Å². The molecule has 0 aromatic carbocycles. The van der Waals surface area contributed by atoms with Gasteiger partial charge in [-0.3, -0.25) is 5.41 Å². The normalized spacial score (nSPS) is 9.30. The highest BCUT2D eigenvalue weighted by atomic mass is 14.9. The average Bonchev–Trinajstić information content (AvgIpc) is 1.88. The Bertz CT molecular complexity index is 256. The molecule has 4 nitrogen and oxygen atoms in total. The standard InChI is InChI=1S/C6H8N4/c1-4-2-3-9-6(10-4)5(7)8/h2-3H,1H3,(H3,7,8). The fraction of sp³-hybridized carbons (Fsp3) is 0.167. The van der Waals surface area contributed by atoms with Crippen molar-refractivity contribution < 1.29 is 0 Å². The van der Waals surface area contributed by atoms with E-state index in [-0.39, 0.29) is 5.84 Å². The molecule has 0 bridgehead atoms. The van der Waals surface area contributed by atoms with Crippen LogP contribution in [0.5, 0.6) is 0 Å². The van der Waals surface area contributed by atoms with Crippen LogP contribution in [-0.2, 0) is 0 Å². The van der Waals surface area contributed by atoms with Gasteiger partial charge in [-0.1, -0.05) is 0 Å². The van der Waals surface area contributed by atoms with Gasteiger partial charge < -0.3 is 5.73 Å². The van der Waals surface area contributed by atoms with Crippen LogP contribution in [0.3, 0.4) is 0 Å². The summed E-state index contributed by atoms with van der Waals surface area (Å²) in [6, 6.07) is 1.76. The van der Waals surface area contributed by atoms with E-state index in [0.29, 0.717) is 5.82 Å². The molecule has 0 amide bonds. The van der Waals surface area contributed by atoms with Crippen LogP contribution in [0.15, 0.2) is 12.3 Å². The molecule has 4 heteroatoms. The summed E-state index contributed by atoms with van der Waals surface area (Å²) in [7, 11) is 0. The van der Waals surface area contributed by atoms with Crippen LogP contribution in [0, 0.1) is 12.3 Å². The van der Waals surface area contributed by atoms with Crippen LogP contribution in [0.2, 0.25) is 0 Å². The molecule has 1 rings (SSSR count). The molecule has 0 radical (unpaired) electrons. The first-order valence-corrected chi connectivity index (χ1v) is 2.84. The Morgan fingerprint density at radius 3 is 2.80 bits per heavy atom. The van der Waals surface area contributed by atoms with Crippen molar-refractivity contribution in [3.63, 3.8) is 0 Å². The number of hydrogen-bond donors (Lipinski definition) is 2. The zero-order valence-electron chi connectivity index (χ0n) is 5.63. The first kappa shape index (κ1) is 6.67. The van der Waals surface area contributed by atoms with Crippen molar-refractivity contribution in [1.29, 1.82) is 5.41 Å². The molecular weight excluding hydrogens is 128 g/mol.